The lowest BCUT2D eigenvalue weighted by atomic mass is 9.80. The van der Waals surface area contributed by atoms with E-state index in [1.807, 2.05) is 6.07 Å². The molecule has 0 saturated heterocycles. The molecular weight excluding hydrogens is 751 g/mol. The van der Waals surface area contributed by atoms with Gasteiger partial charge in [0.2, 0.25) is 0 Å². The van der Waals surface area contributed by atoms with Crippen LogP contribution in [0.5, 0.6) is 0 Å². The van der Waals surface area contributed by atoms with E-state index in [9.17, 15) is 0 Å². The summed E-state index contributed by atoms with van der Waals surface area (Å²) in [5, 5.41) is 9.96. The van der Waals surface area contributed by atoms with Gasteiger partial charge in [-0.15, -0.1) is 0 Å². The molecule has 1 aliphatic rings. The molecule has 1 fully saturated rings. The summed E-state index contributed by atoms with van der Waals surface area (Å²) in [6.45, 7) is 0. The highest BCUT2D eigenvalue weighted by atomic mass is 16.3. The van der Waals surface area contributed by atoms with Crippen molar-refractivity contribution in [3.63, 3.8) is 0 Å². The van der Waals surface area contributed by atoms with E-state index >= 15 is 0 Å². The number of hydrogen-bond acceptors (Lipinski definition) is 2. The van der Waals surface area contributed by atoms with Crippen molar-refractivity contribution in [2.24, 2.45) is 0 Å². The normalized spacial score (nSPS) is 13.4. The second-order valence-electron chi connectivity index (χ2n) is 17.0. The van der Waals surface area contributed by atoms with Crippen LogP contribution in [0.4, 0.5) is 17.1 Å². The minimum absolute atomic E-state index is 0.564. The second-order valence-corrected chi connectivity index (χ2v) is 17.0. The first kappa shape index (κ1) is 36.4. The molecule has 0 atom stereocenters. The number of benzene rings is 10. The van der Waals surface area contributed by atoms with Crippen LogP contribution in [0, 0.1) is 0 Å². The molecule has 62 heavy (non-hydrogen) atoms. The van der Waals surface area contributed by atoms with Crippen molar-refractivity contribution in [2.45, 2.75) is 38.0 Å². The Hall–Kier alpha value is -7.42. The molecule has 1 aromatic heterocycles. The first-order valence-electron chi connectivity index (χ1n) is 22.2. The molecule has 0 N–H and O–H groups in total. The molecule has 0 radical (unpaired) electrons. The van der Waals surface area contributed by atoms with Gasteiger partial charge in [0.25, 0.3) is 0 Å². The van der Waals surface area contributed by atoms with E-state index in [-0.39, 0.29) is 0 Å². The van der Waals surface area contributed by atoms with E-state index in [1.165, 1.54) is 92.2 Å². The molecule has 1 saturated carbocycles. The maximum absolute atomic E-state index is 6.50. The lowest BCUT2D eigenvalue weighted by Gasteiger charge is -2.32. The maximum Gasteiger partial charge on any atom is 0.136 e. The highest BCUT2D eigenvalue weighted by molar-refractivity contribution is 6.14. The van der Waals surface area contributed by atoms with Crippen molar-refractivity contribution in [2.75, 3.05) is 4.90 Å². The average molecular weight is 796 g/mol. The van der Waals surface area contributed by atoms with Gasteiger partial charge in [-0.05, 0) is 110 Å². The molecule has 2 nitrogen and oxygen atoms in total. The molecular formula is C60H45NO. The van der Waals surface area contributed by atoms with Gasteiger partial charge in [0, 0.05) is 27.5 Å². The lowest BCUT2D eigenvalue weighted by molar-refractivity contribution is 0.445. The van der Waals surface area contributed by atoms with Crippen molar-refractivity contribution < 1.29 is 4.42 Å². The minimum atomic E-state index is 0.564. The molecule has 0 spiro atoms. The maximum atomic E-state index is 6.50. The Balaban J connectivity index is 1.13. The van der Waals surface area contributed by atoms with Crippen LogP contribution in [-0.2, 0) is 0 Å². The fraction of sp³-hybridized carbons (Fsp3) is 0.100. The summed E-state index contributed by atoms with van der Waals surface area (Å²) in [5.74, 6) is 0.564. The van der Waals surface area contributed by atoms with Crippen molar-refractivity contribution >= 4 is 71.3 Å². The van der Waals surface area contributed by atoms with Gasteiger partial charge in [-0.3, -0.25) is 0 Å². The van der Waals surface area contributed by atoms with Crippen molar-refractivity contribution in [3.05, 3.63) is 212 Å². The van der Waals surface area contributed by atoms with Crippen LogP contribution in [0.25, 0.3) is 87.6 Å². The van der Waals surface area contributed by atoms with E-state index in [4.69, 9.17) is 4.42 Å². The topological polar surface area (TPSA) is 16.4 Å². The van der Waals surface area contributed by atoms with E-state index in [0.717, 1.165) is 50.1 Å². The Morgan fingerprint density at radius 1 is 0.355 bits per heavy atom. The van der Waals surface area contributed by atoms with E-state index in [0.29, 0.717) is 5.92 Å². The minimum Gasteiger partial charge on any atom is -0.456 e. The molecule has 1 heterocycles. The molecule has 296 valence electrons. The Kier molecular flexibility index (Phi) is 8.96. The molecule has 12 rings (SSSR count). The third-order valence-electron chi connectivity index (χ3n) is 13.5. The molecule has 2 heteroatoms. The molecule has 0 unspecified atom stereocenters. The number of nitrogens with zero attached hydrogens (tertiary/aromatic N) is 1. The van der Waals surface area contributed by atoms with Crippen LogP contribution in [0.1, 0.15) is 43.6 Å². The summed E-state index contributed by atoms with van der Waals surface area (Å²) in [6, 6.07) is 76.0. The highest BCUT2D eigenvalue weighted by Crippen LogP contribution is 2.50. The van der Waals surface area contributed by atoms with Gasteiger partial charge in [-0.2, -0.15) is 0 Å². The number of anilines is 3. The Bertz CT molecular complexity index is 3470. The van der Waals surface area contributed by atoms with Gasteiger partial charge in [-0.1, -0.05) is 189 Å². The van der Waals surface area contributed by atoms with E-state index in [1.54, 1.807) is 0 Å². The predicted octanol–water partition coefficient (Wildman–Crippen LogP) is 17.6. The summed E-state index contributed by atoms with van der Waals surface area (Å²) in [7, 11) is 0. The van der Waals surface area contributed by atoms with Gasteiger partial charge in [0.15, 0.2) is 0 Å². The molecule has 1 aliphatic carbocycles. The van der Waals surface area contributed by atoms with Crippen LogP contribution in [0.3, 0.4) is 0 Å². The smallest absolute Gasteiger partial charge is 0.136 e. The van der Waals surface area contributed by atoms with Gasteiger partial charge in [0.05, 0.1) is 17.1 Å². The first-order chi connectivity index (χ1) is 30.8. The van der Waals surface area contributed by atoms with Gasteiger partial charge < -0.3 is 9.32 Å². The largest absolute Gasteiger partial charge is 0.456 e. The number of fused-ring (bicyclic) bond motifs is 7. The Morgan fingerprint density at radius 3 is 1.71 bits per heavy atom. The van der Waals surface area contributed by atoms with Crippen LogP contribution in [0.2, 0.25) is 0 Å². The molecule has 11 aromatic rings. The zero-order valence-corrected chi connectivity index (χ0v) is 34.6. The summed E-state index contributed by atoms with van der Waals surface area (Å²) in [4.78, 5) is 2.53. The van der Waals surface area contributed by atoms with Crippen LogP contribution < -0.4 is 4.90 Å². The zero-order chi connectivity index (χ0) is 41.0. The van der Waals surface area contributed by atoms with E-state index < -0.39 is 0 Å². The van der Waals surface area contributed by atoms with Gasteiger partial charge in [0.1, 0.15) is 11.2 Å². The quantitative estimate of drug-likeness (QED) is 0.149. The molecule has 0 bridgehead atoms. The van der Waals surface area contributed by atoms with Crippen molar-refractivity contribution in [1.82, 2.24) is 0 Å². The van der Waals surface area contributed by atoms with Crippen LogP contribution in [0.15, 0.2) is 211 Å². The SMILES string of the molecule is c1ccc(N(c2ccccc2-c2cccc3c2ccc2ccccc23)c2ccccc2-c2cccc3cccc(C4CCCCC4)c23)c(-c2ccc3c(c2)oc2ccccc23)c1. The van der Waals surface area contributed by atoms with Crippen molar-refractivity contribution in [1.29, 1.82) is 0 Å². The molecule has 0 amide bonds. The van der Waals surface area contributed by atoms with E-state index in [2.05, 4.69) is 205 Å². The Morgan fingerprint density at radius 2 is 0.903 bits per heavy atom. The van der Waals surface area contributed by atoms with Gasteiger partial charge in [-0.25, -0.2) is 0 Å². The number of furan rings is 1. The summed E-state index contributed by atoms with van der Waals surface area (Å²) < 4.78 is 6.50. The Labute approximate surface area is 362 Å². The molecule has 10 aromatic carbocycles. The predicted molar refractivity (Wildman–Crippen MR) is 263 cm³/mol. The third kappa shape index (κ3) is 6.09. The number of hydrogen-bond donors (Lipinski definition) is 0. The summed E-state index contributed by atoms with van der Waals surface area (Å²) >= 11 is 0. The highest BCUT2D eigenvalue weighted by Gasteiger charge is 2.26. The number of rotatable bonds is 7. The van der Waals surface area contributed by atoms with Crippen LogP contribution in [-0.4, -0.2) is 0 Å². The first-order valence-corrected chi connectivity index (χ1v) is 22.2. The van der Waals surface area contributed by atoms with Crippen molar-refractivity contribution in [3.8, 4) is 33.4 Å². The second kappa shape index (κ2) is 15.2. The monoisotopic (exact) mass is 795 g/mol. The lowest BCUT2D eigenvalue weighted by Crippen LogP contribution is -2.14. The van der Waals surface area contributed by atoms with Crippen LogP contribution >= 0.6 is 0 Å². The third-order valence-corrected chi connectivity index (χ3v) is 13.5. The van der Waals surface area contributed by atoms with Gasteiger partial charge >= 0.3 is 0 Å². The standard InChI is InChI=1S/C60H45NO/c1-2-17-40(18-3-1)46-27-14-20-42-21-15-30-54(60(42)46)51-25-8-12-33-57(51)61(55-31-10-6-23-45(55)43-36-38-53-52-26-9-13-34-58(52)62-59(53)39-43)56-32-11-7-24-50(56)48-29-16-28-47-44-22-5-4-19-41(44)35-37-49(47)48/h4-16,19-40H,1-3,17-18H2. The number of para-hydroxylation sites is 4. The average Bonchev–Trinajstić information content (AvgIpc) is 3.72. The molecule has 0 aliphatic heterocycles. The summed E-state index contributed by atoms with van der Waals surface area (Å²) in [6.07, 6.45) is 6.42. The zero-order valence-electron chi connectivity index (χ0n) is 34.6. The summed E-state index contributed by atoms with van der Waals surface area (Å²) in [5.41, 5.74) is 13.7. The fourth-order valence-electron chi connectivity index (χ4n) is 10.6. The fourth-order valence-corrected chi connectivity index (χ4v) is 10.6.